The molecule has 2 N–H and O–H groups in total. The predicted octanol–water partition coefficient (Wildman–Crippen LogP) is 3.64. The van der Waals surface area contributed by atoms with Gasteiger partial charge in [-0.15, -0.1) is 0 Å². The van der Waals surface area contributed by atoms with Crippen LogP contribution in [0.2, 0.25) is 0 Å². The summed E-state index contributed by atoms with van der Waals surface area (Å²) in [6, 6.07) is 20.0. The summed E-state index contributed by atoms with van der Waals surface area (Å²) in [6.07, 6.45) is 0. The van der Waals surface area contributed by atoms with Crippen LogP contribution in [0.5, 0.6) is 0 Å². The molecule has 0 bridgehead atoms. The number of amides is 1. The van der Waals surface area contributed by atoms with Gasteiger partial charge in [0.2, 0.25) is 5.96 Å². The van der Waals surface area contributed by atoms with Crippen LogP contribution in [0, 0.1) is 12.3 Å². The lowest BCUT2D eigenvalue weighted by molar-refractivity contribution is 0.0954. The average molecular weight is 406 g/mol. The quantitative estimate of drug-likeness (QED) is 0.657. The van der Waals surface area contributed by atoms with Crippen molar-refractivity contribution in [3.05, 3.63) is 82.4 Å². The van der Waals surface area contributed by atoms with Crippen molar-refractivity contribution < 1.29 is 4.79 Å². The highest BCUT2D eigenvalue weighted by atomic mass is 32.1. The van der Waals surface area contributed by atoms with Gasteiger partial charge in [0, 0.05) is 26.2 Å². The van der Waals surface area contributed by atoms with Crippen LogP contribution in [0.15, 0.2) is 60.7 Å². The van der Waals surface area contributed by atoms with Crippen LogP contribution in [0.25, 0.3) is 0 Å². The maximum absolute atomic E-state index is 12.6. The first-order chi connectivity index (χ1) is 14.1. The van der Waals surface area contributed by atoms with Gasteiger partial charge in [-0.1, -0.05) is 72.0 Å². The van der Waals surface area contributed by atoms with Gasteiger partial charge in [-0.25, -0.2) is 4.98 Å². The van der Waals surface area contributed by atoms with Crippen LogP contribution in [0.1, 0.15) is 26.5 Å². The third-order valence-electron chi connectivity index (χ3n) is 4.88. The van der Waals surface area contributed by atoms with E-state index in [1.807, 2.05) is 65.3 Å². The summed E-state index contributed by atoms with van der Waals surface area (Å²) in [7, 11) is 0. The summed E-state index contributed by atoms with van der Waals surface area (Å²) in [4.78, 5) is 21.7. The molecule has 1 amide bonds. The van der Waals surface area contributed by atoms with Gasteiger partial charge in [0.15, 0.2) is 5.13 Å². The van der Waals surface area contributed by atoms with Gasteiger partial charge in [-0.2, -0.15) is 0 Å². The minimum Gasteiger partial charge on any atom is -0.347 e. The van der Waals surface area contributed by atoms with Gasteiger partial charge < -0.3 is 10.2 Å². The van der Waals surface area contributed by atoms with Crippen molar-refractivity contribution in [3.8, 4) is 0 Å². The molecule has 0 radical (unpaired) electrons. The molecule has 3 aromatic rings. The second-order valence-corrected chi connectivity index (χ2v) is 7.94. The van der Waals surface area contributed by atoms with E-state index in [-0.39, 0.29) is 5.91 Å². The molecule has 2 heterocycles. The zero-order chi connectivity index (χ0) is 20.2. The summed E-state index contributed by atoms with van der Waals surface area (Å²) in [6.45, 7) is 4.49. The van der Waals surface area contributed by atoms with Crippen molar-refractivity contribution in [2.45, 2.75) is 20.0 Å². The van der Waals surface area contributed by atoms with E-state index in [2.05, 4.69) is 22.4 Å². The number of hydrogen-bond acceptors (Lipinski definition) is 4. The number of nitrogens with one attached hydrogen (secondary N) is 2. The summed E-state index contributed by atoms with van der Waals surface area (Å²) in [5.74, 6) is 0.306. The number of thiazole rings is 1. The third-order valence-corrected chi connectivity index (χ3v) is 6.06. The van der Waals surface area contributed by atoms with Crippen LogP contribution in [0.4, 0.5) is 5.13 Å². The molecule has 29 heavy (non-hydrogen) atoms. The summed E-state index contributed by atoms with van der Waals surface area (Å²) in [5.41, 5.74) is 2.93. The lowest BCUT2D eigenvalue weighted by Gasteiger charge is -2.20. The molecule has 1 aliphatic rings. The number of aryl methyl sites for hydroxylation is 1. The van der Waals surface area contributed by atoms with Crippen molar-refractivity contribution in [2.75, 3.05) is 18.0 Å². The Morgan fingerprint density at radius 1 is 1.07 bits per heavy atom. The topological polar surface area (TPSA) is 72.3 Å². The van der Waals surface area contributed by atoms with Crippen molar-refractivity contribution in [3.63, 3.8) is 0 Å². The molecule has 1 aliphatic heterocycles. The van der Waals surface area contributed by atoms with Gasteiger partial charge >= 0.3 is 0 Å². The number of hydrogen-bond donors (Lipinski definition) is 2. The maximum Gasteiger partial charge on any atom is 0.263 e. The first-order valence-electron chi connectivity index (χ1n) is 9.56. The lowest BCUT2D eigenvalue weighted by atomic mass is 10.2. The molecule has 2 aromatic carbocycles. The molecular formula is C22H23N5OS. The van der Waals surface area contributed by atoms with E-state index in [0.717, 1.165) is 12.1 Å². The normalized spacial score (nSPS) is 13.8. The molecule has 7 heteroatoms. The molecule has 0 atom stereocenters. The zero-order valence-electron chi connectivity index (χ0n) is 16.3. The van der Waals surface area contributed by atoms with Crippen LogP contribution in [-0.2, 0) is 13.1 Å². The van der Waals surface area contributed by atoms with Crippen LogP contribution >= 0.6 is 11.3 Å². The molecule has 1 aromatic heterocycles. The molecule has 0 saturated carbocycles. The second kappa shape index (κ2) is 8.45. The van der Waals surface area contributed by atoms with Gasteiger partial charge in [-0.3, -0.25) is 15.1 Å². The Morgan fingerprint density at radius 3 is 2.41 bits per heavy atom. The highest BCUT2D eigenvalue weighted by Gasteiger charge is 2.29. The minimum atomic E-state index is -0.123. The average Bonchev–Trinajstić information content (AvgIpc) is 3.30. The number of carbonyl (C=O) groups excluding carboxylic acids is 1. The molecule has 148 valence electrons. The Labute approximate surface area is 174 Å². The van der Waals surface area contributed by atoms with Crippen molar-refractivity contribution in [1.29, 1.82) is 5.41 Å². The molecule has 6 nitrogen and oxygen atoms in total. The first-order valence-corrected chi connectivity index (χ1v) is 10.4. The molecule has 1 fully saturated rings. The highest BCUT2D eigenvalue weighted by Crippen LogP contribution is 2.29. The molecule has 1 saturated heterocycles. The Hall–Kier alpha value is -3.19. The predicted molar refractivity (Wildman–Crippen MR) is 116 cm³/mol. The number of benzene rings is 2. The Bertz CT molecular complexity index is 1000. The maximum atomic E-state index is 12.6. The number of nitrogens with zero attached hydrogens (tertiary/aromatic N) is 3. The number of guanidine groups is 1. The van der Waals surface area contributed by atoms with Gasteiger partial charge in [0.05, 0.1) is 5.69 Å². The smallest absolute Gasteiger partial charge is 0.263 e. The van der Waals surface area contributed by atoms with Crippen molar-refractivity contribution in [2.24, 2.45) is 0 Å². The van der Waals surface area contributed by atoms with Gasteiger partial charge in [-0.05, 0) is 18.1 Å². The standard InChI is InChI=1S/C22H23N5OS/c1-16-19(20(28)24-14-17-8-4-2-5-9-17)29-22(25-16)27-13-12-26(21(27)23)15-18-10-6-3-7-11-18/h2-11,23H,12-15H2,1H3,(H,24,28). The number of carbonyl (C=O) groups is 1. The van der Waals surface area contributed by atoms with E-state index in [0.29, 0.717) is 41.3 Å². The monoisotopic (exact) mass is 405 g/mol. The SMILES string of the molecule is Cc1nc(N2CCN(Cc3ccccc3)C2=N)sc1C(=O)NCc1ccccc1. The van der Waals surface area contributed by atoms with Crippen molar-refractivity contribution >= 4 is 28.3 Å². The third kappa shape index (κ3) is 4.30. The van der Waals surface area contributed by atoms with E-state index >= 15 is 0 Å². The zero-order valence-corrected chi connectivity index (χ0v) is 17.1. The minimum absolute atomic E-state index is 0.123. The Morgan fingerprint density at radius 2 is 1.72 bits per heavy atom. The number of aromatic nitrogens is 1. The van der Waals surface area contributed by atoms with Crippen LogP contribution in [0.3, 0.4) is 0 Å². The van der Waals surface area contributed by atoms with E-state index in [1.54, 1.807) is 0 Å². The molecule has 0 unspecified atom stereocenters. The van der Waals surface area contributed by atoms with Crippen LogP contribution < -0.4 is 10.2 Å². The first kappa shape index (κ1) is 19.1. The van der Waals surface area contributed by atoms with Gasteiger partial charge in [0.1, 0.15) is 4.88 Å². The summed E-state index contributed by atoms with van der Waals surface area (Å²) >= 11 is 1.35. The molecule has 4 rings (SSSR count). The largest absolute Gasteiger partial charge is 0.347 e. The van der Waals surface area contributed by atoms with Crippen molar-refractivity contribution in [1.82, 2.24) is 15.2 Å². The Kier molecular flexibility index (Phi) is 5.57. The molecular weight excluding hydrogens is 382 g/mol. The lowest BCUT2D eigenvalue weighted by Crippen LogP contribution is -2.32. The highest BCUT2D eigenvalue weighted by molar-refractivity contribution is 7.17. The summed E-state index contributed by atoms with van der Waals surface area (Å²) in [5, 5.41) is 12.2. The van der Waals surface area contributed by atoms with E-state index in [1.165, 1.54) is 16.9 Å². The fourth-order valence-corrected chi connectivity index (χ4v) is 4.33. The molecule has 0 aliphatic carbocycles. The number of rotatable bonds is 6. The second-order valence-electron chi connectivity index (χ2n) is 6.96. The van der Waals surface area contributed by atoms with Crippen LogP contribution in [-0.4, -0.2) is 34.8 Å². The van der Waals surface area contributed by atoms with E-state index < -0.39 is 0 Å². The van der Waals surface area contributed by atoms with Gasteiger partial charge in [0.25, 0.3) is 5.91 Å². The summed E-state index contributed by atoms with van der Waals surface area (Å²) < 4.78 is 0. The Balaban J connectivity index is 1.42. The molecule has 0 spiro atoms. The fraction of sp³-hybridized carbons (Fsp3) is 0.227. The van der Waals surface area contributed by atoms with E-state index in [9.17, 15) is 4.79 Å². The fourth-order valence-electron chi connectivity index (χ4n) is 3.31. The number of anilines is 1. The van der Waals surface area contributed by atoms with E-state index in [4.69, 9.17) is 5.41 Å².